The first-order valence-corrected chi connectivity index (χ1v) is 10.1. The average Bonchev–Trinajstić information content (AvgIpc) is 2.93. The highest BCUT2D eigenvalue weighted by molar-refractivity contribution is 5.79. The molecule has 5 nitrogen and oxygen atoms in total. The molecule has 1 aromatic carbocycles. The molecule has 0 saturated carbocycles. The van der Waals surface area contributed by atoms with E-state index in [-0.39, 0.29) is 0 Å². The Morgan fingerprint density at radius 1 is 1.04 bits per heavy atom. The molecule has 0 aromatic heterocycles. The Morgan fingerprint density at radius 2 is 1.73 bits per heavy atom. The lowest BCUT2D eigenvalue weighted by Gasteiger charge is -2.19. The van der Waals surface area contributed by atoms with Crippen molar-refractivity contribution in [2.75, 3.05) is 39.9 Å². The number of rotatable bonds is 9. The number of hydrogen-bond acceptors (Lipinski definition) is 3. The number of nitrogens with zero attached hydrogens (tertiary/aromatic N) is 2. The van der Waals surface area contributed by atoms with Crippen LogP contribution in [0.25, 0.3) is 0 Å². The normalized spacial score (nSPS) is 16.3. The van der Waals surface area contributed by atoms with E-state index in [0.717, 1.165) is 38.6 Å². The summed E-state index contributed by atoms with van der Waals surface area (Å²) in [6, 6.07) is 8.94. The molecule has 0 radical (unpaired) electrons. The van der Waals surface area contributed by atoms with Crippen LogP contribution >= 0.6 is 0 Å². The summed E-state index contributed by atoms with van der Waals surface area (Å²) in [5.41, 5.74) is 2.66. The zero-order chi connectivity index (χ0) is 18.5. The molecule has 2 N–H and O–H groups in total. The van der Waals surface area contributed by atoms with E-state index in [9.17, 15) is 0 Å². The fraction of sp³-hybridized carbons (Fsp3) is 0.667. The molecule has 0 unspecified atom stereocenters. The molecule has 0 aliphatic carbocycles. The summed E-state index contributed by atoms with van der Waals surface area (Å²) in [7, 11) is 1.73. The number of nitrogens with one attached hydrogen (secondary N) is 2. The van der Waals surface area contributed by atoms with Gasteiger partial charge in [-0.15, -0.1) is 0 Å². The van der Waals surface area contributed by atoms with E-state index in [1.54, 1.807) is 7.11 Å². The lowest BCUT2D eigenvalue weighted by Crippen LogP contribution is -2.38. The Morgan fingerprint density at radius 3 is 2.38 bits per heavy atom. The van der Waals surface area contributed by atoms with Crippen molar-refractivity contribution >= 4 is 5.96 Å². The molecule has 1 saturated heterocycles. The van der Waals surface area contributed by atoms with Crippen molar-refractivity contribution in [3.05, 3.63) is 35.4 Å². The molecule has 0 amide bonds. The highest BCUT2D eigenvalue weighted by atomic mass is 16.5. The standard InChI is InChI=1S/C21H36N4O/c1-3-22-21(23-13-8-16-26-2)24-17-19-9-11-20(12-10-19)18-25-14-6-4-5-7-15-25/h9-12H,3-8,13-18H2,1-2H3,(H2,22,23,24). The maximum absolute atomic E-state index is 5.08. The third-order valence-electron chi connectivity index (χ3n) is 4.71. The van der Waals surface area contributed by atoms with E-state index >= 15 is 0 Å². The van der Waals surface area contributed by atoms with E-state index in [0.29, 0.717) is 6.54 Å². The molecule has 1 fully saturated rings. The van der Waals surface area contributed by atoms with Crippen LogP contribution in [0.2, 0.25) is 0 Å². The van der Waals surface area contributed by atoms with Crippen LogP contribution in [0.5, 0.6) is 0 Å². The number of ether oxygens (including phenoxy) is 1. The molecule has 5 heteroatoms. The topological polar surface area (TPSA) is 48.9 Å². The van der Waals surface area contributed by atoms with Crippen LogP contribution in [0.15, 0.2) is 29.3 Å². The highest BCUT2D eigenvalue weighted by Crippen LogP contribution is 2.14. The minimum atomic E-state index is 0.698. The van der Waals surface area contributed by atoms with E-state index in [1.165, 1.54) is 49.9 Å². The predicted octanol–water partition coefficient (Wildman–Crippen LogP) is 3.15. The summed E-state index contributed by atoms with van der Waals surface area (Å²) in [5, 5.41) is 6.64. The van der Waals surface area contributed by atoms with Crippen LogP contribution in [0.3, 0.4) is 0 Å². The van der Waals surface area contributed by atoms with Gasteiger partial charge in [0.15, 0.2) is 5.96 Å². The van der Waals surface area contributed by atoms with Gasteiger partial charge in [-0.1, -0.05) is 37.1 Å². The molecule has 1 aromatic rings. The van der Waals surface area contributed by atoms with Gasteiger partial charge in [0.2, 0.25) is 0 Å². The van der Waals surface area contributed by atoms with Gasteiger partial charge in [-0.25, -0.2) is 4.99 Å². The van der Waals surface area contributed by atoms with Crippen LogP contribution in [0.1, 0.15) is 50.2 Å². The fourth-order valence-corrected chi connectivity index (χ4v) is 3.24. The molecule has 0 spiro atoms. The van der Waals surface area contributed by atoms with Gasteiger partial charge in [-0.3, -0.25) is 4.90 Å². The first-order chi connectivity index (χ1) is 12.8. The smallest absolute Gasteiger partial charge is 0.191 e. The van der Waals surface area contributed by atoms with Gasteiger partial charge in [0, 0.05) is 33.4 Å². The molecular formula is C21H36N4O. The van der Waals surface area contributed by atoms with Crippen molar-refractivity contribution in [1.82, 2.24) is 15.5 Å². The first kappa shape index (κ1) is 20.7. The lowest BCUT2D eigenvalue weighted by molar-refractivity contribution is 0.195. The second kappa shape index (κ2) is 12.7. The maximum atomic E-state index is 5.08. The van der Waals surface area contributed by atoms with Crippen molar-refractivity contribution in [1.29, 1.82) is 0 Å². The summed E-state index contributed by atoms with van der Waals surface area (Å²) in [5.74, 6) is 0.872. The van der Waals surface area contributed by atoms with Crippen molar-refractivity contribution in [3.8, 4) is 0 Å². The second-order valence-electron chi connectivity index (χ2n) is 6.98. The van der Waals surface area contributed by atoms with Crippen molar-refractivity contribution < 1.29 is 4.74 Å². The number of likely N-dealkylation sites (tertiary alicyclic amines) is 1. The zero-order valence-corrected chi connectivity index (χ0v) is 16.6. The predicted molar refractivity (Wildman–Crippen MR) is 109 cm³/mol. The van der Waals surface area contributed by atoms with Crippen LogP contribution < -0.4 is 10.6 Å². The van der Waals surface area contributed by atoms with Crippen molar-refractivity contribution in [2.24, 2.45) is 4.99 Å². The van der Waals surface area contributed by atoms with Crippen molar-refractivity contribution in [3.63, 3.8) is 0 Å². The van der Waals surface area contributed by atoms with Gasteiger partial charge in [0.1, 0.15) is 0 Å². The van der Waals surface area contributed by atoms with E-state index in [4.69, 9.17) is 4.74 Å². The van der Waals surface area contributed by atoms with Gasteiger partial charge >= 0.3 is 0 Å². The van der Waals surface area contributed by atoms with Gasteiger partial charge < -0.3 is 15.4 Å². The third kappa shape index (κ3) is 8.19. The van der Waals surface area contributed by atoms with Gasteiger partial charge in [0.25, 0.3) is 0 Å². The summed E-state index contributed by atoms with van der Waals surface area (Å²) < 4.78 is 5.08. The number of methoxy groups -OCH3 is 1. The Kier molecular flexibility index (Phi) is 10.1. The molecule has 0 bridgehead atoms. The first-order valence-electron chi connectivity index (χ1n) is 10.1. The summed E-state index contributed by atoms with van der Waals surface area (Å²) in [6.45, 7) is 8.85. The summed E-state index contributed by atoms with van der Waals surface area (Å²) >= 11 is 0. The Balaban J connectivity index is 1.81. The molecule has 26 heavy (non-hydrogen) atoms. The van der Waals surface area contributed by atoms with Crippen LogP contribution in [-0.2, 0) is 17.8 Å². The van der Waals surface area contributed by atoms with Gasteiger partial charge in [0.05, 0.1) is 6.54 Å². The van der Waals surface area contributed by atoms with Crippen LogP contribution in [0.4, 0.5) is 0 Å². The number of guanidine groups is 1. The highest BCUT2D eigenvalue weighted by Gasteiger charge is 2.09. The molecule has 0 atom stereocenters. The molecule has 1 aliphatic heterocycles. The minimum absolute atomic E-state index is 0.698. The lowest BCUT2D eigenvalue weighted by atomic mass is 10.1. The second-order valence-corrected chi connectivity index (χ2v) is 6.98. The van der Waals surface area contributed by atoms with E-state index < -0.39 is 0 Å². The molecule has 1 aliphatic rings. The Hall–Kier alpha value is -1.59. The molecular weight excluding hydrogens is 324 g/mol. The zero-order valence-electron chi connectivity index (χ0n) is 16.6. The summed E-state index contributed by atoms with van der Waals surface area (Å²) in [4.78, 5) is 7.27. The fourth-order valence-electron chi connectivity index (χ4n) is 3.24. The maximum Gasteiger partial charge on any atom is 0.191 e. The largest absolute Gasteiger partial charge is 0.385 e. The van der Waals surface area contributed by atoms with E-state index in [2.05, 4.69) is 51.7 Å². The minimum Gasteiger partial charge on any atom is -0.385 e. The summed E-state index contributed by atoms with van der Waals surface area (Å²) in [6.07, 6.45) is 6.45. The molecule has 146 valence electrons. The molecule has 1 heterocycles. The number of benzene rings is 1. The van der Waals surface area contributed by atoms with Crippen LogP contribution in [-0.4, -0.2) is 50.8 Å². The third-order valence-corrected chi connectivity index (χ3v) is 4.71. The van der Waals surface area contributed by atoms with Crippen LogP contribution in [0, 0.1) is 0 Å². The number of aliphatic imine (C=N–C) groups is 1. The quantitative estimate of drug-likeness (QED) is 0.403. The van der Waals surface area contributed by atoms with E-state index in [1.807, 2.05) is 0 Å². The monoisotopic (exact) mass is 360 g/mol. The Bertz CT molecular complexity index is 507. The number of hydrogen-bond donors (Lipinski definition) is 2. The van der Waals surface area contributed by atoms with Gasteiger partial charge in [-0.2, -0.15) is 0 Å². The average molecular weight is 361 g/mol. The Labute approximate surface area is 159 Å². The molecule has 2 rings (SSSR count). The van der Waals surface area contributed by atoms with Crippen molar-refractivity contribution in [2.45, 2.75) is 52.1 Å². The van der Waals surface area contributed by atoms with Gasteiger partial charge in [-0.05, 0) is 50.4 Å². The SMILES string of the molecule is CCNC(=NCc1ccc(CN2CCCCCC2)cc1)NCCCOC.